The van der Waals surface area contributed by atoms with Gasteiger partial charge in [-0.25, -0.2) is 13.8 Å². The van der Waals surface area contributed by atoms with Gasteiger partial charge in [0.25, 0.3) is 0 Å². The minimum Gasteiger partial charge on any atom is -0.409 e. The third kappa shape index (κ3) is 4.81. The molecule has 2 N–H and O–H groups in total. The van der Waals surface area contributed by atoms with Gasteiger partial charge < -0.3 is 14.7 Å². The molecule has 33 heavy (non-hydrogen) atoms. The zero-order valence-electron chi connectivity index (χ0n) is 20.0. The second kappa shape index (κ2) is 8.45. The molecule has 0 spiro atoms. The molecular weight excluding hydrogens is 436 g/mol. The Morgan fingerprint density at radius 1 is 1.12 bits per heavy atom. The smallest absolute Gasteiger partial charge is 0.192 e. The van der Waals surface area contributed by atoms with E-state index < -0.39 is 31.6 Å². The normalized spacial score (nSPS) is 16.6. The zero-order chi connectivity index (χ0) is 24.0. The number of aromatic nitrogens is 2. The fourth-order valence-corrected chi connectivity index (χ4v) is 5.56. The number of halogens is 2. The molecule has 1 fully saturated rings. The summed E-state index contributed by atoms with van der Waals surface area (Å²) in [7, 11) is -2.07. The molecule has 0 radical (unpaired) electrons. The minimum atomic E-state index is -2.07. The van der Waals surface area contributed by atoms with Gasteiger partial charge >= 0.3 is 0 Å². The maximum Gasteiger partial charge on any atom is 0.192 e. The predicted molar refractivity (Wildman–Crippen MR) is 130 cm³/mol. The van der Waals surface area contributed by atoms with E-state index >= 15 is 0 Å². The van der Waals surface area contributed by atoms with Crippen LogP contribution in [0.4, 0.5) is 8.78 Å². The summed E-state index contributed by atoms with van der Waals surface area (Å²) in [6, 6.07) is 12.9. The Kier molecular flexibility index (Phi) is 6.10. The Morgan fingerprint density at radius 2 is 1.79 bits per heavy atom. The molecule has 4 rings (SSSR count). The van der Waals surface area contributed by atoms with Crippen molar-refractivity contribution >= 4 is 8.32 Å². The number of hydrogen-bond acceptors (Lipinski definition) is 3. The van der Waals surface area contributed by atoms with E-state index in [0.29, 0.717) is 18.1 Å². The first-order valence-electron chi connectivity index (χ1n) is 11.4. The number of imidazole rings is 1. The molecule has 1 aliphatic carbocycles. The molecule has 1 atom stereocenters. The van der Waals surface area contributed by atoms with Crippen LogP contribution in [0, 0.1) is 11.6 Å². The van der Waals surface area contributed by atoms with Gasteiger partial charge in [-0.15, -0.1) is 0 Å². The molecule has 1 unspecified atom stereocenters. The van der Waals surface area contributed by atoms with Gasteiger partial charge in [-0.05, 0) is 54.7 Å². The summed E-state index contributed by atoms with van der Waals surface area (Å²) in [5, 5.41) is 0.0532. The molecule has 4 nitrogen and oxygen atoms in total. The van der Waals surface area contributed by atoms with Crippen LogP contribution in [0.1, 0.15) is 51.0 Å². The van der Waals surface area contributed by atoms with E-state index in [9.17, 15) is 8.78 Å². The highest BCUT2D eigenvalue weighted by Crippen LogP contribution is 2.53. The van der Waals surface area contributed by atoms with Crippen LogP contribution >= 0.6 is 0 Å². The quantitative estimate of drug-likeness (QED) is 0.406. The molecule has 0 bridgehead atoms. The van der Waals surface area contributed by atoms with Gasteiger partial charge in [0.05, 0.1) is 17.3 Å². The van der Waals surface area contributed by atoms with E-state index in [1.54, 1.807) is 6.20 Å². The van der Waals surface area contributed by atoms with Gasteiger partial charge in [0.15, 0.2) is 8.32 Å². The summed E-state index contributed by atoms with van der Waals surface area (Å²) in [5.41, 5.74) is 7.95. The summed E-state index contributed by atoms with van der Waals surface area (Å²) in [5.74, 6) is -0.386. The maximum absolute atomic E-state index is 14.6. The molecule has 2 aromatic carbocycles. The van der Waals surface area contributed by atoms with E-state index in [2.05, 4.69) is 33.9 Å². The lowest BCUT2D eigenvalue weighted by atomic mass is 10.1. The van der Waals surface area contributed by atoms with Crippen LogP contribution in [-0.4, -0.2) is 23.5 Å². The largest absolute Gasteiger partial charge is 0.409 e. The Bertz CT molecular complexity index is 1130. The second-order valence-electron chi connectivity index (χ2n) is 10.6. The van der Waals surface area contributed by atoms with Crippen molar-refractivity contribution in [1.82, 2.24) is 9.55 Å². The minimum absolute atomic E-state index is 0.0532. The SMILES string of the molecule is CC(C)(C)[Si](C)(C)OC1(C(N)c2nc(-c3cc(F)ccc3F)cn2Cc2ccccc2)CC1. The van der Waals surface area contributed by atoms with Crippen molar-refractivity contribution in [2.75, 3.05) is 0 Å². The molecule has 176 valence electrons. The molecule has 0 aliphatic heterocycles. The summed E-state index contributed by atoms with van der Waals surface area (Å²) < 4.78 is 37.2. The fraction of sp³-hybridized carbons (Fsp3) is 0.423. The molecule has 0 amide bonds. The average molecular weight is 470 g/mol. The highest BCUT2D eigenvalue weighted by atomic mass is 28.4. The van der Waals surface area contributed by atoms with Crippen LogP contribution in [0.3, 0.4) is 0 Å². The van der Waals surface area contributed by atoms with Crippen molar-refractivity contribution in [1.29, 1.82) is 0 Å². The van der Waals surface area contributed by atoms with Gasteiger partial charge in [-0.1, -0.05) is 51.1 Å². The van der Waals surface area contributed by atoms with Crippen molar-refractivity contribution in [3.05, 3.63) is 77.8 Å². The molecule has 1 aromatic heterocycles. The first kappa shape index (κ1) is 23.8. The van der Waals surface area contributed by atoms with Crippen molar-refractivity contribution in [3.8, 4) is 11.3 Å². The van der Waals surface area contributed by atoms with Gasteiger partial charge in [-0.3, -0.25) is 0 Å². The van der Waals surface area contributed by atoms with Crippen molar-refractivity contribution in [2.45, 2.75) is 69.9 Å². The molecule has 1 aliphatic rings. The van der Waals surface area contributed by atoms with Gasteiger partial charge in [-0.2, -0.15) is 0 Å². The predicted octanol–water partition coefficient (Wildman–Crippen LogP) is 6.43. The number of benzene rings is 2. The lowest BCUT2D eigenvalue weighted by molar-refractivity contribution is 0.124. The maximum atomic E-state index is 14.6. The molecule has 1 saturated carbocycles. The van der Waals surface area contributed by atoms with Gasteiger partial charge in [0.1, 0.15) is 17.5 Å². The lowest BCUT2D eigenvalue weighted by Crippen LogP contribution is -2.48. The zero-order valence-corrected chi connectivity index (χ0v) is 21.0. The van der Waals surface area contributed by atoms with E-state index in [-0.39, 0.29) is 10.6 Å². The first-order chi connectivity index (χ1) is 15.4. The van der Waals surface area contributed by atoms with Crippen LogP contribution in [-0.2, 0) is 11.0 Å². The van der Waals surface area contributed by atoms with Crippen LogP contribution < -0.4 is 5.73 Å². The molecular formula is C26H33F2N3OSi. The number of rotatable bonds is 7. The number of hydrogen-bond donors (Lipinski definition) is 1. The van der Waals surface area contributed by atoms with E-state index in [4.69, 9.17) is 15.1 Å². The Labute approximate surface area is 195 Å². The van der Waals surface area contributed by atoms with Crippen LogP contribution in [0.25, 0.3) is 11.3 Å². The molecule has 7 heteroatoms. The highest BCUT2D eigenvalue weighted by molar-refractivity contribution is 6.74. The Hall–Kier alpha value is -2.35. The topological polar surface area (TPSA) is 53.1 Å². The highest BCUT2D eigenvalue weighted by Gasteiger charge is 2.56. The molecule has 0 saturated heterocycles. The van der Waals surface area contributed by atoms with E-state index in [0.717, 1.165) is 30.5 Å². The summed E-state index contributed by atoms with van der Waals surface area (Å²) in [6.45, 7) is 11.6. The van der Waals surface area contributed by atoms with E-state index in [1.807, 2.05) is 34.9 Å². The second-order valence-corrected chi connectivity index (χ2v) is 15.4. The van der Waals surface area contributed by atoms with Crippen LogP contribution in [0.2, 0.25) is 18.1 Å². The van der Waals surface area contributed by atoms with Crippen LogP contribution in [0.5, 0.6) is 0 Å². The van der Waals surface area contributed by atoms with Gasteiger partial charge in [0.2, 0.25) is 0 Å². The average Bonchev–Trinajstić information content (AvgIpc) is 3.40. The summed E-state index contributed by atoms with van der Waals surface area (Å²) in [4.78, 5) is 4.74. The van der Waals surface area contributed by atoms with Crippen molar-refractivity contribution < 1.29 is 13.2 Å². The monoisotopic (exact) mass is 469 g/mol. The summed E-state index contributed by atoms with van der Waals surface area (Å²) >= 11 is 0. The lowest BCUT2D eigenvalue weighted by Gasteiger charge is -2.41. The number of nitrogens with two attached hydrogens (primary N) is 1. The number of nitrogens with zero attached hydrogens (tertiary/aromatic N) is 2. The van der Waals surface area contributed by atoms with Crippen molar-refractivity contribution in [3.63, 3.8) is 0 Å². The first-order valence-corrected chi connectivity index (χ1v) is 14.3. The molecule has 3 aromatic rings. The fourth-order valence-electron chi connectivity index (χ4n) is 3.91. The standard InChI is InChI=1S/C26H33F2N3OSi/c1-25(2,3)33(4,5)32-26(13-14-26)23(29)24-30-22(20-15-19(27)11-12-21(20)28)17-31(24)16-18-9-7-6-8-10-18/h6-12,15,17,23H,13-14,16,29H2,1-5H3. The molecule has 1 heterocycles. The van der Waals surface area contributed by atoms with Crippen molar-refractivity contribution in [2.24, 2.45) is 5.73 Å². The summed E-state index contributed by atoms with van der Waals surface area (Å²) in [6.07, 6.45) is 3.49. The third-order valence-corrected chi connectivity index (χ3v) is 11.6. The van der Waals surface area contributed by atoms with Gasteiger partial charge in [0, 0.05) is 18.3 Å². The van der Waals surface area contributed by atoms with Crippen LogP contribution in [0.15, 0.2) is 54.7 Å². The Morgan fingerprint density at radius 3 is 2.39 bits per heavy atom. The third-order valence-electron chi connectivity index (χ3n) is 7.06. The van der Waals surface area contributed by atoms with E-state index in [1.165, 1.54) is 6.07 Å². The Balaban J connectivity index is 1.74.